The molecule has 148 valence electrons. The Morgan fingerprint density at radius 3 is 2.32 bits per heavy atom. The molecule has 0 radical (unpaired) electrons. The second-order valence-electron chi connectivity index (χ2n) is 5.85. The van der Waals surface area contributed by atoms with Crippen LogP contribution in [0.1, 0.15) is 27.3 Å². The standard InChI is InChI=1S/C17H10ClF6N3O/c1-8-13(15(28)26-11-4-2-3-9(5-11)16(19,20)21)27-7-10(17(22,23)24)6-12(18)14(27)25-8/h2-7H,1H3,(H,26,28). The monoisotopic (exact) mass is 421 g/mol. The number of nitrogens with one attached hydrogen (secondary N) is 1. The molecule has 0 fully saturated rings. The molecule has 3 rings (SSSR count). The lowest BCUT2D eigenvalue weighted by molar-refractivity contribution is -0.138. The number of hydrogen-bond donors (Lipinski definition) is 1. The van der Waals surface area contributed by atoms with Crippen LogP contribution in [0.25, 0.3) is 5.65 Å². The zero-order valence-electron chi connectivity index (χ0n) is 13.9. The van der Waals surface area contributed by atoms with Crippen LogP contribution in [0.5, 0.6) is 0 Å². The summed E-state index contributed by atoms with van der Waals surface area (Å²) in [6, 6.07) is 4.53. The molecule has 0 spiro atoms. The number of alkyl halides is 6. The molecule has 0 aliphatic heterocycles. The van der Waals surface area contributed by atoms with Gasteiger partial charge in [-0.2, -0.15) is 26.3 Å². The highest BCUT2D eigenvalue weighted by Gasteiger charge is 2.33. The Kier molecular flexibility index (Phi) is 4.78. The lowest BCUT2D eigenvalue weighted by atomic mass is 10.2. The third-order valence-electron chi connectivity index (χ3n) is 3.84. The highest BCUT2D eigenvalue weighted by molar-refractivity contribution is 6.33. The van der Waals surface area contributed by atoms with Gasteiger partial charge in [0.1, 0.15) is 5.69 Å². The molecule has 1 aromatic carbocycles. The first kappa shape index (κ1) is 20.0. The van der Waals surface area contributed by atoms with Crippen molar-refractivity contribution >= 4 is 28.8 Å². The van der Waals surface area contributed by atoms with Crippen molar-refractivity contribution in [3.63, 3.8) is 0 Å². The van der Waals surface area contributed by atoms with Gasteiger partial charge >= 0.3 is 12.4 Å². The average molecular weight is 422 g/mol. The van der Waals surface area contributed by atoms with Crippen LogP contribution in [-0.2, 0) is 12.4 Å². The average Bonchev–Trinajstić information content (AvgIpc) is 2.90. The number of rotatable bonds is 2. The van der Waals surface area contributed by atoms with Crippen molar-refractivity contribution in [3.8, 4) is 0 Å². The van der Waals surface area contributed by atoms with Gasteiger partial charge in [-0.05, 0) is 31.2 Å². The number of carbonyl (C=O) groups is 1. The number of carbonyl (C=O) groups excluding carboxylic acids is 1. The predicted octanol–water partition coefficient (Wildman–Crippen LogP) is 5.59. The van der Waals surface area contributed by atoms with E-state index in [-0.39, 0.29) is 27.7 Å². The minimum atomic E-state index is -4.72. The Hall–Kier alpha value is -2.75. The van der Waals surface area contributed by atoms with Crippen molar-refractivity contribution < 1.29 is 31.1 Å². The number of imidazole rings is 1. The summed E-state index contributed by atoms with van der Waals surface area (Å²) in [4.78, 5) is 16.5. The van der Waals surface area contributed by atoms with Crippen LogP contribution >= 0.6 is 11.6 Å². The maximum absolute atomic E-state index is 13.0. The number of hydrogen-bond acceptors (Lipinski definition) is 2. The summed E-state index contributed by atoms with van der Waals surface area (Å²) in [5, 5.41) is 1.92. The second kappa shape index (κ2) is 6.69. The molecule has 2 heterocycles. The third kappa shape index (κ3) is 3.77. The lowest BCUT2D eigenvalue weighted by Crippen LogP contribution is -2.17. The van der Waals surface area contributed by atoms with Gasteiger partial charge in [-0.25, -0.2) is 4.98 Å². The van der Waals surface area contributed by atoms with E-state index in [0.29, 0.717) is 18.3 Å². The fourth-order valence-electron chi connectivity index (χ4n) is 2.61. The van der Waals surface area contributed by atoms with Crippen LogP contribution in [0.3, 0.4) is 0 Å². The zero-order chi connectivity index (χ0) is 20.9. The normalized spacial score (nSPS) is 12.4. The van der Waals surface area contributed by atoms with Crippen molar-refractivity contribution in [2.24, 2.45) is 0 Å². The number of pyridine rings is 1. The number of fused-ring (bicyclic) bond motifs is 1. The van der Waals surface area contributed by atoms with E-state index >= 15 is 0 Å². The van der Waals surface area contributed by atoms with Crippen LogP contribution in [-0.4, -0.2) is 15.3 Å². The van der Waals surface area contributed by atoms with E-state index < -0.39 is 29.4 Å². The highest BCUT2D eigenvalue weighted by atomic mass is 35.5. The Morgan fingerprint density at radius 2 is 1.71 bits per heavy atom. The number of benzene rings is 1. The van der Waals surface area contributed by atoms with E-state index in [4.69, 9.17) is 11.6 Å². The van der Waals surface area contributed by atoms with E-state index in [9.17, 15) is 31.1 Å². The molecule has 28 heavy (non-hydrogen) atoms. The maximum atomic E-state index is 13.0. The van der Waals surface area contributed by atoms with E-state index in [0.717, 1.165) is 16.5 Å². The van der Waals surface area contributed by atoms with Gasteiger partial charge in [0, 0.05) is 11.9 Å². The first-order valence-electron chi connectivity index (χ1n) is 7.62. The number of halogens is 7. The number of aromatic nitrogens is 2. The van der Waals surface area contributed by atoms with Gasteiger partial charge in [0.2, 0.25) is 0 Å². The summed E-state index contributed by atoms with van der Waals surface area (Å²) in [7, 11) is 0. The van der Waals surface area contributed by atoms with Crippen LogP contribution in [0.4, 0.5) is 32.0 Å². The largest absolute Gasteiger partial charge is 0.417 e. The molecule has 0 saturated carbocycles. The summed E-state index contributed by atoms with van der Waals surface area (Å²) >= 11 is 5.85. The van der Waals surface area contributed by atoms with E-state index in [1.807, 2.05) is 0 Å². The molecule has 0 saturated heterocycles. The minimum absolute atomic E-state index is 0.0608. The van der Waals surface area contributed by atoms with Crippen LogP contribution < -0.4 is 5.32 Å². The summed E-state index contributed by atoms with van der Waals surface area (Å²) < 4.78 is 78.4. The Labute approximate surface area is 158 Å². The molecule has 4 nitrogen and oxygen atoms in total. The molecule has 3 aromatic rings. The summed E-state index contributed by atoms with van der Waals surface area (Å²) in [6.07, 6.45) is -8.68. The van der Waals surface area contributed by atoms with Gasteiger partial charge in [-0.3, -0.25) is 9.20 Å². The van der Waals surface area contributed by atoms with Gasteiger partial charge < -0.3 is 5.32 Å². The second-order valence-corrected chi connectivity index (χ2v) is 6.25. The topological polar surface area (TPSA) is 46.4 Å². The number of amides is 1. The molecule has 1 N–H and O–H groups in total. The van der Waals surface area contributed by atoms with Crippen molar-refractivity contribution in [1.82, 2.24) is 9.38 Å². The van der Waals surface area contributed by atoms with Crippen molar-refractivity contribution in [2.75, 3.05) is 5.32 Å². The third-order valence-corrected chi connectivity index (χ3v) is 4.12. The van der Waals surface area contributed by atoms with Crippen molar-refractivity contribution in [2.45, 2.75) is 19.3 Å². The first-order chi connectivity index (χ1) is 12.9. The fourth-order valence-corrected chi connectivity index (χ4v) is 2.86. The molecule has 2 aromatic heterocycles. The Balaban J connectivity index is 2.05. The molecule has 11 heteroatoms. The van der Waals surface area contributed by atoms with E-state index in [1.165, 1.54) is 13.0 Å². The number of anilines is 1. The molecule has 0 atom stereocenters. The van der Waals surface area contributed by atoms with Crippen LogP contribution in [0, 0.1) is 6.92 Å². The molecule has 1 amide bonds. The van der Waals surface area contributed by atoms with Crippen LogP contribution in [0.15, 0.2) is 36.5 Å². The van der Waals surface area contributed by atoms with Gasteiger partial charge in [0.05, 0.1) is 21.8 Å². The lowest BCUT2D eigenvalue weighted by Gasteiger charge is -2.11. The number of aryl methyl sites for hydroxylation is 1. The van der Waals surface area contributed by atoms with Crippen molar-refractivity contribution in [1.29, 1.82) is 0 Å². The molecule has 0 bridgehead atoms. The van der Waals surface area contributed by atoms with Gasteiger partial charge in [0.15, 0.2) is 5.65 Å². The van der Waals surface area contributed by atoms with E-state index in [2.05, 4.69) is 10.3 Å². The highest BCUT2D eigenvalue weighted by Crippen LogP contribution is 2.34. The van der Waals surface area contributed by atoms with Gasteiger partial charge in [-0.1, -0.05) is 17.7 Å². The van der Waals surface area contributed by atoms with Crippen LogP contribution in [0.2, 0.25) is 5.02 Å². The first-order valence-corrected chi connectivity index (χ1v) is 7.99. The quantitative estimate of drug-likeness (QED) is 0.549. The molecule has 0 aliphatic rings. The molecular weight excluding hydrogens is 412 g/mol. The van der Waals surface area contributed by atoms with Gasteiger partial charge in [0.25, 0.3) is 5.91 Å². The zero-order valence-corrected chi connectivity index (χ0v) is 14.7. The molecular formula is C17H10ClF6N3O. The summed E-state index contributed by atoms with van der Waals surface area (Å²) in [5.41, 5.74) is -2.56. The summed E-state index contributed by atoms with van der Waals surface area (Å²) in [6.45, 7) is 1.37. The number of nitrogens with zero attached hydrogens (tertiary/aromatic N) is 2. The van der Waals surface area contributed by atoms with Crippen molar-refractivity contribution in [3.05, 3.63) is 64.1 Å². The SMILES string of the molecule is Cc1nc2c(Cl)cc(C(F)(F)F)cn2c1C(=O)Nc1cccc(C(F)(F)F)c1. The Bertz CT molecular complexity index is 1070. The fraction of sp³-hybridized carbons (Fsp3) is 0.176. The minimum Gasteiger partial charge on any atom is -0.321 e. The van der Waals surface area contributed by atoms with Gasteiger partial charge in [-0.15, -0.1) is 0 Å². The smallest absolute Gasteiger partial charge is 0.321 e. The maximum Gasteiger partial charge on any atom is 0.417 e. The Morgan fingerprint density at radius 1 is 1.07 bits per heavy atom. The molecule has 0 unspecified atom stereocenters. The predicted molar refractivity (Wildman–Crippen MR) is 89.3 cm³/mol. The molecule has 0 aliphatic carbocycles. The van der Waals surface area contributed by atoms with E-state index in [1.54, 1.807) is 0 Å². The summed E-state index contributed by atoms with van der Waals surface area (Å²) in [5.74, 6) is -0.931.